The van der Waals surface area contributed by atoms with Crippen LogP contribution in [0.25, 0.3) is 0 Å². The Morgan fingerprint density at radius 3 is 2.38 bits per heavy atom. The highest BCUT2D eigenvalue weighted by molar-refractivity contribution is 5.90. The molecule has 0 aliphatic rings. The fourth-order valence-corrected chi connectivity index (χ4v) is 1.94. The minimum atomic E-state index is -1.20. The van der Waals surface area contributed by atoms with Gasteiger partial charge in [-0.05, 0) is 32.1 Å². The number of nitrogens with one attached hydrogen (secondary N) is 1. The highest BCUT2D eigenvalue weighted by Crippen LogP contribution is 2.23. The molecule has 1 unspecified atom stereocenters. The number of halogens is 2. The summed E-state index contributed by atoms with van der Waals surface area (Å²) in [5.41, 5.74) is -0.366. The number of hydrogen-bond donors (Lipinski definition) is 1. The van der Waals surface area contributed by atoms with Crippen LogP contribution < -0.4 is 5.32 Å². The Labute approximate surface area is 124 Å². The third-order valence-electron chi connectivity index (χ3n) is 3.20. The lowest BCUT2D eigenvalue weighted by atomic mass is 10.0. The molecule has 0 radical (unpaired) electrons. The molecule has 118 valence electrons. The van der Waals surface area contributed by atoms with Crippen LogP contribution >= 0.6 is 0 Å². The molecular formula is C15H22F2N2O2. The van der Waals surface area contributed by atoms with Crippen LogP contribution in [-0.4, -0.2) is 44.7 Å². The van der Waals surface area contributed by atoms with Crippen LogP contribution in [0.4, 0.5) is 14.5 Å². The topological polar surface area (TPSA) is 41.6 Å². The first-order valence-electron chi connectivity index (χ1n) is 6.75. The molecule has 0 bridgehead atoms. The fraction of sp³-hybridized carbons (Fsp3) is 0.533. The molecule has 0 aliphatic carbocycles. The molecule has 6 heteroatoms. The maximum absolute atomic E-state index is 14.1. The van der Waals surface area contributed by atoms with Gasteiger partial charge >= 0.3 is 5.97 Å². The van der Waals surface area contributed by atoms with Crippen LogP contribution in [-0.2, 0) is 4.74 Å². The summed E-state index contributed by atoms with van der Waals surface area (Å²) >= 11 is 0. The van der Waals surface area contributed by atoms with Gasteiger partial charge in [0.05, 0.1) is 18.4 Å². The van der Waals surface area contributed by atoms with E-state index in [0.29, 0.717) is 6.54 Å². The predicted octanol–water partition coefficient (Wildman–Crippen LogP) is 2.75. The predicted molar refractivity (Wildman–Crippen MR) is 78.5 cm³/mol. The molecule has 0 amide bonds. The molecule has 21 heavy (non-hydrogen) atoms. The number of benzene rings is 1. The van der Waals surface area contributed by atoms with E-state index in [4.69, 9.17) is 0 Å². The number of esters is 1. The van der Waals surface area contributed by atoms with Crippen molar-refractivity contribution in [3.63, 3.8) is 0 Å². The third-order valence-corrected chi connectivity index (χ3v) is 3.20. The molecule has 1 atom stereocenters. The summed E-state index contributed by atoms with van der Waals surface area (Å²) in [6, 6.07) is 2.54. The van der Waals surface area contributed by atoms with Gasteiger partial charge in [-0.3, -0.25) is 0 Å². The Hall–Kier alpha value is -1.69. The SMILES string of the molecule is COC(=O)c1ccc(NC(CN(C)C)C(C)C)c(F)c1F. The average Bonchev–Trinajstić information content (AvgIpc) is 2.41. The minimum Gasteiger partial charge on any atom is -0.465 e. The van der Waals surface area contributed by atoms with Crippen molar-refractivity contribution in [2.24, 2.45) is 5.92 Å². The van der Waals surface area contributed by atoms with Gasteiger partial charge in [-0.1, -0.05) is 13.8 Å². The van der Waals surface area contributed by atoms with Crippen LogP contribution in [0.5, 0.6) is 0 Å². The summed E-state index contributed by atoms with van der Waals surface area (Å²) in [4.78, 5) is 13.3. The van der Waals surface area contributed by atoms with E-state index in [2.05, 4.69) is 10.1 Å². The number of hydrogen-bond acceptors (Lipinski definition) is 4. The maximum atomic E-state index is 14.1. The van der Waals surface area contributed by atoms with Crippen molar-refractivity contribution < 1.29 is 18.3 Å². The molecule has 1 aromatic rings. The molecule has 0 aromatic heterocycles. The van der Waals surface area contributed by atoms with E-state index in [1.807, 2.05) is 32.8 Å². The summed E-state index contributed by atoms with van der Waals surface area (Å²) in [5.74, 6) is -2.93. The smallest absolute Gasteiger partial charge is 0.340 e. The number of likely N-dealkylation sites (N-methyl/N-ethyl adjacent to an activating group) is 1. The normalized spacial score (nSPS) is 12.6. The van der Waals surface area contributed by atoms with E-state index < -0.39 is 23.2 Å². The Balaban J connectivity index is 3.03. The van der Waals surface area contributed by atoms with Gasteiger partial charge in [-0.25, -0.2) is 13.6 Å². The molecule has 1 aromatic carbocycles. The van der Waals surface area contributed by atoms with Gasteiger partial charge in [-0.15, -0.1) is 0 Å². The first-order chi connectivity index (χ1) is 9.77. The van der Waals surface area contributed by atoms with Gasteiger partial charge in [0, 0.05) is 12.6 Å². The van der Waals surface area contributed by atoms with E-state index in [-0.39, 0.29) is 17.6 Å². The molecular weight excluding hydrogens is 278 g/mol. The lowest BCUT2D eigenvalue weighted by molar-refractivity contribution is 0.0594. The highest BCUT2D eigenvalue weighted by atomic mass is 19.2. The Kier molecular flexibility index (Phi) is 6.08. The van der Waals surface area contributed by atoms with Crippen molar-refractivity contribution in [1.82, 2.24) is 4.90 Å². The van der Waals surface area contributed by atoms with Gasteiger partial charge in [0.2, 0.25) is 0 Å². The maximum Gasteiger partial charge on any atom is 0.340 e. The first kappa shape index (κ1) is 17.4. The quantitative estimate of drug-likeness (QED) is 0.820. The monoisotopic (exact) mass is 300 g/mol. The van der Waals surface area contributed by atoms with Crippen molar-refractivity contribution in [2.45, 2.75) is 19.9 Å². The third kappa shape index (κ3) is 4.39. The van der Waals surface area contributed by atoms with Gasteiger partial charge in [0.15, 0.2) is 11.6 Å². The Morgan fingerprint density at radius 1 is 1.29 bits per heavy atom. The summed E-state index contributed by atoms with van der Waals surface area (Å²) in [5, 5.41) is 2.99. The van der Waals surface area contributed by atoms with E-state index in [1.54, 1.807) is 0 Å². The van der Waals surface area contributed by atoms with Crippen molar-refractivity contribution >= 4 is 11.7 Å². The van der Waals surface area contributed by atoms with E-state index in [1.165, 1.54) is 12.1 Å². The lowest BCUT2D eigenvalue weighted by Gasteiger charge is -2.27. The number of carbonyl (C=O) groups is 1. The molecule has 0 aliphatic heterocycles. The Bertz CT molecular complexity index is 505. The molecule has 4 nitrogen and oxygen atoms in total. The molecule has 0 spiro atoms. The minimum absolute atomic E-state index is 0.0423. The number of carbonyl (C=O) groups excluding carboxylic acids is 1. The summed E-state index contributed by atoms with van der Waals surface area (Å²) in [7, 11) is 4.94. The second kappa shape index (κ2) is 7.36. The summed E-state index contributed by atoms with van der Waals surface area (Å²) < 4.78 is 32.4. The molecule has 0 heterocycles. The number of rotatable bonds is 6. The molecule has 0 saturated heterocycles. The van der Waals surface area contributed by atoms with Gasteiger partial charge < -0.3 is 15.0 Å². The van der Waals surface area contributed by atoms with Crippen molar-refractivity contribution in [1.29, 1.82) is 0 Å². The van der Waals surface area contributed by atoms with Crippen LogP contribution in [0.2, 0.25) is 0 Å². The van der Waals surface area contributed by atoms with Gasteiger partial charge in [0.25, 0.3) is 0 Å². The van der Waals surface area contributed by atoms with E-state index in [9.17, 15) is 13.6 Å². The van der Waals surface area contributed by atoms with Crippen LogP contribution in [0.3, 0.4) is 0 Å². The van der Waals surface area contributed by atoms with E-state index in [0.717, 1.165) is 7.11 Å². The second-order valence-corrected chi connectivity index (χ2v) is 5.54. The van der Waals surface area contributed by atoms with Crippen LogP contribution in [0.1, 0.15) is 24.2 Å². The van der Waals surface area contributed by atoms with Gasteiger partial charge in [0.1, 0.15) is 0 Å². The molecule has 0 saturated carbocycles. The van der Waals surface area contributed by atoms with Crippen LogP contribution in [0, 0.1) is 17.6 Å². The molecule has 0 fully saturated rings. The van der Waals surface area contributed by atoms with Crippen LogP contribution in [0.15, 0.2) is 12.1 Å². The zero-order chi connectivity index (χ0) is 16.2. The Morgan fingerprint density at radius 2 is 1.90 bits per heavy atom. The lowest BCUT2D eigenvalue weighted by Crippen LogP contribution is -2.36. The van der Waals surface area contributed by atoms with Crippen molar-refractivity contribution in [2.75, 3.05) is 33.1 Å². The van der Waals surface area contributed by atoms with Gasteiger partial charge in [-0.2, -0.15) is 0 Å². The standard InChI is InChI=1S/C15H22F2N2O2/c1-9(2)12(8-19(3)4)18-11-7-6-10(15(20)21-5)13(16)14(11)17/h6-7,9,12,18H,8H2,1-5H3. The number of anilines is 1. The molecule has 1 rings (SSSR count). The highest BCUT2D eigenvalue weighted by Gasteiger charge is 2.22. The fourth-order valence-electron chi connectivity index (χ4n) is 1.94. The second-order valence-electron chi connectivity index (χ2n) is 5.54. The largest absolute Gasteiger partial charge is 0.465 e. The van der Waals surface area contributed by atoms with E-state index >= 15 is 0 Å². The average molecular weight is 300 g/mol. The number of methoxy groups -OCH3 is 1. The van der Waals surface area contributed by atoms with Crippen molar-refractivity contribution in [3.8, 4) is 0 Å². The van der Waals surface area contributed by atoms with Crippen molar-refractivity contribution in [3.05, 3.63) is 29.3 Å². The zero-order valence-electron chi connectivity index (χ0n) is 13.0. The number of nitrogens with zero attached hydrogens (tertiary/aromatic N) is 1. The summed E-state index contributed by atoms with van der Waals surface area (Å²) in [6.07, 6.45) is 0. The molecule has 1 N–H and O–H groups in total. The first-order valence-corrected chi connectivity index (χ1v) is 6.75. The number of ether oxygens (including phenoxy) is 1. The summed E-state index contributed by atoms with van der Waals surface area (Å²) in [6.45, 7) is 4.67. The zero-order valence-corrected chi connectivity index (χ0v) is 13.0.